The molecule has 1 amide bonds. The van der Waals surface area contributed by atoms with Gasteiger partial charge in [0, 0.05) is 18.4 Å². The Morgan fingerprint density at radius 1 is 1.25 bits per heavy atom. The van der Waals surface area contributed by atoms with Gasteiger partial charge in [-0.05, 0) is 30.2 Å². The Bertz CT molecular complexity index is 989. The summed E-state index contributed by atoms with van der Waals surface area (Å²) in [6.45, 7) is 0.529. The van der Waals surface area contributed by atoms with Crippen molar-refractivity contribution >= 4 is 17.2 Å². The van der Waals surface area contributed by atoms with E-state index in [9.17, 15) is 9.59 Å². The van der Waals surface area contributed by atoms with Crippen molar-refractivity contribution in [2.24, 2.45) is 0 Å². The van der Waals surface area contributed by atoms with Crippen molar-refractivity contribution in [1.29, 1.82) is 0 Å². The van der Waals surface area contributed by atoms with E-state index in [1.54, 1.807) is 23.2 Å². The maximum absolute atomic E-state index is 12.6. The average Bonchev–Trinajstić information content (AvgIpc) is 3.17. The topological polar surface area (TPSA) is 68.8 Å². The highest BCUT2D eigenvalue weighted by atomic mass is 16.5. The van der Waals surface area contributed by atoms with Gasteiger partial charge in [0.2, 0.25) is 11.6 Å². The quantitative estimate of drug-likeness (QED) is 0.723. The van der Waals surface area contributed by atoms with Crippen LogP contribution in [-0.4, -0.2) is 33.7 Å². The minimum absolute atomic E-state index is 0.0992. The molecule has 0 spiro atoms. The number of rotatable bonds is 3. The Hall–Kier alpha value is -3.09. The molecular weight excluding hydrogens is 308 g/mol. The largest absolute Gasteiger partial charge is 0.493 e. The van der Waals surface area contributed by atoms with Gasteiger partial charge in [0.15, 0.2) is 5.75 Å². The highest BCUT2D eigenvalue weighted by Crippen LogP contribution is 2.27. The molecule has 0 bridgehead atoms. The zero-order valence-corrected chi connectivity index (χ0v) is 13.2. The van der Waals surface area contributed by atoms with E-state index in [1.807, 2.05) is 24.3 Å². The van der Waals surface area contributed by atoms with Crippen LogP contribution in [0.1, 0.15) is 5.56 Å². The van der Waals surface area contributed by atoms with E-state index in [4.69, 9.17) is 4.74 Å². The summed E-state index contributed by atoms with van der Waals surface area (Å²) < 4.78 is 7.78. The lowest BCUT2D eigenvalue weighted by Gasteiger charge is -2.16. The van der Waals surface area contributed by atoms with Crippen LogP contribution in [0.5, 0.6) is 5.75 Å². The molecule has 7 heteroatoms. The zero-order valence-electron chi connectivity index (χ0n) is 13.2. The first-order valence-corrected chi connectivity index (χ1v) is 7.69. The molecule has 0 aliphatic carbocycles. The van der Waals surface area contributed by atoms with Gasteiger partial charge < -0.3 is 9.64 Å². The number of anilines is 1. The number of para-hydroxylation sites is 1. The first kappa shape index (κ1) is 14.5. The van der Waals surface area contributed by atoms with Crippen LogP contribution in [0.25, 0.3) is 5.65 Å². The van der Waals surface area contributed by atoms with Gasteiger partial charge in [0.1, 0.15) is 6.54 Å². The summed E-state index contributed by atoms with van der Waals surface area (Å²) in [5.74, 6) is 0.344. The molecule has 1 aliphatic rings. The zero-order chi connectivity index (χ0) is 16.7. The van der Waals surface area contributed by atoms with Gasteiger partial charge in [0.25, 0.3) is 0 Å². The van der Waals surface area contributed by atoms with Gasteiger partial charge in [-0.25, -0.2) is 13.9 Å². The summed E-state index contributed by atoms with van der Waals surface area (Å²) in [6, 6.07) is 11.3. The lowest BCUT2D eigenvalue weighted by molar-refractivity contribution is -0.119. The van der Waals surface area contributed by atoms with Gasteiger partial charge in [-0.3, -0.25) is 4.79 Å². The number of methoxy groups -OCH3 is 1. The van der Waals surface area contributed by atoms with Gasteiger partial charge in [-0.15, -0.1) is 5.10 Å². The number of aromatic nitrogens is 3. The van der Waals surface area contributed by atoms with E-state index in [2.05, 4.69) is 5.10 Å². The van der Waals surface area contributed by atoms with E-state index in [-0.39, 0.29) is 18.1 Å². The fourth-order valence-electron chi connectivity index (χ4n) is 3.09. The molecule has 0 atom stereocenters. The van der Waals surface area contributed by atoms with E-state index >= 15 is 0 Å². The lowest BCUT2D eigenvalue weighted by Crippen LogP contribution is -2.35. The van der Waals surface area contributed by atoms with E-state index in [0.717, 1.165) is 17.7 Å². The standard InChI is InChI=1S/C17H16N4O3/c1-24-14-7-4-9-20-16(14)18-21(17(20)23)11-15(22)19-10-8-12-5-2-3-6-13(12)19/h2-7,9H,8,10-11H2,1H3. The van der Waals surface area contributed by atoms with Gasteiger partial charge in [0.05, 0.1) is 7.11 Å². The van der Waals surface area contributed by atoms with Crippen molar-refractivity contribution < 1.29 is 9.53 Å². The monoisotopic (exact) mass is 324 g/mol. The maximum atomic E-state index is 12.6. The molecule has 0 saturated heterocycles. The minimum Gasteiger partial charge on any atom is -0.493 e. The number of nitrogens with zero attached hydrogens (tertiary/aromatic N) is 4. The summed E-state index contributed by atoms with van der Waals surface area (Å²) in [7, 11) is 1.52. The summed E-state index contributed by atoms with van der Waals surface area (Å²) >= 11 is 0. The highest BCUT2D eigenvalue weighted by molar-refractivity contribution is 5.95. The summed E-state index contributed by atoms with van der Waals surface area (Å²) in [4.78, 5) is 26.8. The Balaban J connectivity index is 1.67. The number of amides is 1. The molecule has 1 aromatic carbocycles. The lowest BCUT2D eigenvalue weighted by atomic mass is 10.2. The molecule has 3 aromatic rings. The average molecular weight is 324 g/mol. The van der Waals surface area contributed by atoms with Crippen LogP contribution in [0.2, 0.25) is 0 Å². The van der Waals surface area contributed by atoms with Gasteiger partial charge in [-0.2, -0.15) is 0 Å². The Morgan fingerprint density at radius 2 is 2.08 bits per heavy atom. The van der Waals surface area contributed by atoms with Crippen molar-refractivity contribution in [3.8, 4) is 5.75 Å². The molecule has 0 unspecified atom stereocenters. The van der Waals surface area contributed by atoms with Crippen LogP contribution in [0, 0.1) is 0 Å². The second kappa shape index (κ2) is 5.52. The minimum atomic E-state index is -0.357. The third-order valence-electron chi connectivity index (χ3n) is 4.27. The molecule has 1 aliphatic heterocycles. The number of carbonyl (C=O) groups is 1. The molecule has 0 radical (unpaired) electrons. The third kappa shape index (κ3) is 2.17. The fraction of sp³-hybridized carbons (Fsp3) is 0.235. The van der Waals surface area contributed by atoms with Crippen LogP contribution in [0.4, 0.5) is 5.69 Å². The maximum Gasteiger partial charge on any atom is 0.350 e. The van der Waals surface area contributed by atoms with Crippen LogP contribution in [0.15, 0.2) is 47.4 Å². The van der Waals surface area contributed by atoms with Crippen LogP contribution in [-0.2, 0) is 17.8 Å². The second-order valence-corrected chi connectivity index (χ2v) is 5.63. The number of pyridine rings is 1. The fourth-order valence-corrected chi connectivity index (χ4v) is 3.09. The highest BCUT2D eigenvalue weighted by Gasteiger charge is 2.25. The molecule has 7 nitrogen and oxygen atoms in total. The van der Waals surface area contributed by atoms with Crippen molar-refractivity contribution in [2.45, 2.75) is 13.0 Å². The molecular formula is C17H16N4O3. The molecule has 3 heterocycles. The smallest absolute Gasteiger partial charge is 0.350 e. The summed E-state index contributed by atoms with van der Waals surface area (Å²) in [5, 5.41) is 4.25. The molecule has 0 saturated carbocycles. The molecule has 2 aromatic heterocycles. The second-order valence-electron chi connectivity index (χ2n) is 5.63. The van der Waals surface area contributed by atoms with Gasteiger partial charge in [-0.1, -0.05) is 18.2 Å². The Labute approximate surface area is 137 Å². The first-order valence-electron chi connectivity index (χ1n) is 7.69. The number of benzene rings is 1. The normalized spacial score (nSPS) is 13.3. The number of hydrogen-bond acceptors (Lipinski definition) is 4. The predicted molar refractivity (Wildman–Crippen MR) is 88.5 cm³/mol. The number of ether oxygens (including phenoxy) is 1. The SMILES string of the molecule is COc1cccn2c(=O)n(CC(=O)N3CCc4ccccc43)nc12. The molecule has 122 valence electrons. The molecule has 24 heavy (non-hydrogen) atoms. The van der Waals surface area contributed by atoms with Crippen LogP contribution < -0.4 is 15.3 Å². The van der Waals surface area contributed by atoms with Crippen molar-refractivity contribution in [3.63, 3.8) is 0 Å². The number of carbonyl (C=O) groups excluding carboxylic acids is 1. The molecule has 0 N–H and O–H groups in total. The summed E-state index contributed by atoms with van der Waals surface area (Å²) in [5.41, 5.74) is 2.11. The molecule has 4 rings (SSSR count). The van der Waals surface area contributed by atoms with Crippen LogP contribution in [0.3, 0.4) is 0 Å². The number of fused-ring (bicyclic) bond motifs is 2. The first-order chi connectivity index (χ1) is 11.7. The van der Waals surface area contributed by atoms with E-state index < -0.39 is 0 Å². The van der Waals surface area contributed by atoms with Crippen LogP contribution >= 0.6 is 0 Å². The van der Waals surface area contributed by atoms with E-state index in [0.29, 0.717) is 17.9 Å². The summed E-state index contributed by atoms with van der Waals surface area (Å²) in [6.07, 6.45) is 2.44. The van der Waals surface area contributed by atoms with Crippen molar-refractivity contribution in [3.05, 3.63) is 58.6 Å². The van der Waals surface area contributed by atoms with Crippen molar-refractivity contribution in [1.82, 2.24) is 14.2 Å². The molecule has 0 fully saturated rings. The van der Waals surface area contributed by atoms with Gasteiger partial charge >= 0.3 is 5.69 Å². The predicted octanol–water partition coefficient (Wildman–Crippen LogP) is 1.09. The van der Waals surface area contributed by atoms with E-state index in [1.165, 1.54) is 16.2 Å². The Kier molecular flexibility index (Phi) is 3.34. The number of hydrogen-bond donors (Lipinski definition) is 0. The third-order valence-corrected chi connectivity index (χ3v) is 4.27. The van der Waals surface area contributed by atoms with Crippen molar-refractivity contribution in [2.75, 3.05) is 18.6 Å². The Morgan fingerprint density at radius 3 is 2.92 bits per heavy atom.